The summed E-state index contributed by atoms with van der Waals surface area (Å²) < 4.78 is 27.6. The van der Waals surface area contributed by atoms with E-state index in [0.717, 1.165) is 19.4 Å². The fourth-order valence-corrected chi connectivity index (χ4v) is 5.62. The summed E-state index contributed by atoms with van der Waals surface area (Å²) in [5.41, 5.74) is 0.560. The molecule has 4 rings (SSSR count). The molecular weight excluding hydrogens is 402 g/mol. The van der Waals surface area contributed by atoms with Gasteiger partial charge in [0.05, 0.1) is 0 Å². The Morgan fingerprint density at radius 2 is 2.00 bits per heavy atom. The quantitative estimate of drug-likeness (QED) is 0.767. The lowest BCUT2D eigenvalue weighted by molar-refractivity contribution is -0.137. The van der Waals surface area contributed by atoms with Crippen LogP contribution in [0, 0.1) is 5.92 Å². The van der Waals surface area contributed by atoms with Gasteiger partial charge in [-0.15, -0.1) is 12.4 Å². The predicted octanol–water partition coefficient (Wildman–Crippen LogP) is 1.21. The molecule has 2 fully saturated rings. The number of H-pyrrole nitrogens is 1. The molecule has 2 saturated heterocycles. The van der Waals surface area contributed by atoms with Crippen LogP contribution in [0.4, 0.5) is 0 Å². The lowest BCUT2D eigenvalue weighted by Gasteiger charge is -2.37. The number of halogens is 1. The number of hydrogen-bond acceptors (Lipinski definition) is 5. The number of nitrogens with zero attached hydrogens (tertiary/aromatic N) is 3. The first-order valence-electron chi connectivity index (χ1n) is 9.41. The van der Waals surface area contributed by atoms with Gasteiger partial charge in [-0.1, -0.05) is 0 Å². The van der Waals surface area contributed by atoms with E-state index >= 15 is 0 Å². The van der Waals surface area contributed by atoms with Crippen LogP contribution in [0.3, 0.4) is 0 Å². The normalized spacial score (nSPS) is 24.1. The smallest absolute Gasteiger partial charge is 0.245 e. The van der Waals surface area contributed by atoms with Crippen LogP contribution in [0.5, 0.6) is 0 Å². The van der Waals surface area contributed by atoms with Crippen LogP contribution in [-0.4, -0.2) is 72.3 Å². The second-order valence-electron chi connectivity index (χ2n) is 7.36. The largest absolute Gasteiger partial charge is 0.345 e. The molecule has 0 aliphatic carbocycles. The van der Waals surface area contributed by atoms with Crippen molar-refractivity contribution in [2.75, 3.05) is 32.7 Å². The molecule has 2 aliphatic heterocycles. The number of aromatic nitrogens is 2. The number of piperidine rings is 1. The SMILES string of the molecule is C[C@H]1C[C@@H](C(=O)N2CCN(S(=O)(=O)c3c[nH]c4ncccc34)CC2)CCN1.Cl. The number of amides is 1. The zero-order valence-electron chi connectivity index (χ0n) is 15.8. The number of carbonyl (C=O) groups is 1. The standard InChI is InChI=1S/C18H25N5O3S.ClH/c1-13-11-14(4-6-19-13)18(24)22-7-9-23(10-8-22)27(25,26)16-12-21-17-15(16)3-2-5-20-17;/h2-3,5,12-14,19H,4,6-11H2,1H3,(H,20,21);1H/t13-,14-;/m0./s1. The molecule has 0 bridgehead atoms. The molecule has 0 saturated carbocycles. The topological polar surface area (TPSA) is 98.4 Å². The van der Waals surface area contributed by atoms with Crippen molar-refractivity contribution < 1.29 is 13.2 Å². The molecule has 2 aromatic heterocycles. The molecule has 28 heavy (non-hydrogen) atoms. The molecule has 8 nitrogen and oxygen atoms in total. The van der Waals surface area contributed by atoms with E-state index in [4.69, 9.17) is 0 Å². The van der Waals surface area contributed by atoms with Gasteiger partial charge in [-0.3, -0.25) is 4.79 Å². The second-order valence-corrected chi connectivity index (χ2v) is 9.26. The van der Waals surface area contributed by atoms with E-state index < -0.39 is 10.0 Å². The highest BCUT2D eigenvalue weighted by atomic mass is 35.5. The lowest BCUT2D eigenvalue weighted by atomic mass is 9.92. The van der Waals surface area contributed by atoms with E-state index in [2.05, 4.69) is 22.2 Å². The van der Waals surface area contributed by atoms with E-state index in [1.807, 2.05) is 4.90 Å². The first-order valence-corrected chi connectivity index (χ1v) is 10.9. The zero-order chi connectivity index (χ0) is 19.0. The number of fused-ring (bicyclic) bond motifs is 1. The molecular formula is C18H26ClN5O3S. The summed E-state index contributed by atoms with van der Waals surface area (Å²) in [6.45, 7) is 4.48. The third-order valence-corrected chi connectivity index (χ3v) is 7.49. The minimum atomic E-state index is -3.61. The minimum Gasteiger partial charge on any atom is -0.345 e. The average molecular weight is 428 g/mol. The molecule has 2 N–H and O–H groups in total. The van der Waals surface area contributed by atoms with E-state index in [0.29, 0.717) is 43.3 Å². The van der Waals surface area contributed by atoms with Crippen LogP contribution in [0.25, 0.3) is 11.0 Å². The van der Waals surface area contributed by atoms with E-state index in [9.17, 15) is 13.2 Å². The number of carbonyl (C=O) groups excluding carboxylic acids is 1. The van der Waals surface area contributed by atoms with E-state index in [1.165, 1.54) is 10.5 Å². The zero-order valence-corrected chi connectivity index (χ0v) is 17.4. The van der Waals surface area contributed by atoms with Crippen LogP contribution >= 0.6 is 12.4 Å². The number of hydrogen-bond donors (Lipinski definition) is 2. The Labute approximate surface area is 171 Å². The molecule has 0 unspecified atom stereocenters. The maximum atomic E-state index is 13.0. The summed E-state index contributed by atoms with van der Waals surface area (Å²) in [5.74, 6) is 0.209. The molecule has 2 aromatic rings. The Balaban J connectivity index is 0.00000225. The Hall–Kier alpha value is -1.68. The van der Waals surface area contributed by atoms with Gasteiger partial charge in [0, 0.05) is 55.9 Å². The Morgan fingerprint density at radius 3 is 2.71 bits per heavy atom. The second kappa shape index (κ2) is 8.36. The van der Waals surface area contributed by atoms with E-state index in [-0.39, 0.29) is 29.1 Å². The van der Waals surface area contributed by atoms with Crippen molar-refractivity contribution in [3.63, 3.8) is 0 Å². The van der Waals surface area contributed by atoms with Gasteiger partial charge < -0.3 is 15.2 Å². The fourth-order valence-electron chi connectivity index (χ4n) is 4.05. The van der Waals surface area contributed by atoms with Gasteiger partial charge in [-0.05, 0) is 38.4 Å². The van der Waals surface area contributed by atoms with Crippen molar-refractivity contribution in [1.82, 2.24) is 24.5 Å². The maximum absolute atomic E-state index is 13.0. The van der Waals surface area contributed by atoms with Crippen LogP contribution < -0.4 is 5.32 Å². The first-order chi connectivity index (χ1) is 13.0. The fraction of sp³-hybridized carbons (Fsp3) is 0.556. The van der Waals surface area contributed by atoms with Crippen molar-refractivity contribution in [2.24, 2.45) is 5.92 Å². The molecule has 0 aromatic carbocycles. The van der Waals surface area contributed by atoms with Crippen LogP contribution in [0.15, 0.2) is 29.4 Å². The molecule has 10 heteroatoms. The molecule has 0 spiro atoms. The van der Waals surface area contributed by atoms with Gasteiger partial charge in [0.1, 0.15) is 10.5 Å². The monoisotopic (exact) mass is 427 g/mol. The van der Waals surface area contributed by atoms with Crippen molar-refractivity contribution in [1.29, 1.82) is 0 Å². The number of sulfonamides is 1. The molecule has 2 atom stereocenters. The summed E-state index contributed by atoms with van der Waals surface area (Å²) in [5, 5.41) is 3.96. The van der Waals surface area contributed by atoms with Crippen molar-refractivity contribution >= 4 is 39.4 Å². The molecule has 4 heterocycles. The number of pyridine rings is 1. The van der Waals surface area contributed by atoms with Gasteiger partial charge in [0.2, 0.25) is 15.9 Å². The molecule has 2 aliphatic rings. The molecule has 154 valence electrons. The Kier molecular flexibility index (Phi) is 6.28. The highest BCUT2D eigenvalue weighted by Gasteiger charge is 2.34. The summed E-state index contributed by atoms with van der Waals surface area (Å²) in [4.78, 5) is 21.9. The van der Waals surface area contributed by atoms with Crippen molar-refractivity contribution in [3.8, 4) is 0 Å². The summed E-state index contributed by atoms with van der Waals surface area (Å²) >= 11 is 0. The highest BCUT2D eigenvalue weighted by Crippen LogP contribution is 2.26. The average Bonchev–Trinajstić information content (AvgIpc) is 3.12. The third-order valence-electron chi connectivity index (χ3n) is 5.55. The van der Waals surface area contributed by atoms with Crippen LogP contribution in [-0.2, 0) is 14.8 Å². The van der Waals surface area contributed by atoms with Crippen LogP contribution in [0.2, 0.25) is 0 Å². The molecule has 1 amide bonds. The van der Waals surface area contributed by atoms with Crippen molar-refractivity contribution in [2.45, 2.75) is 30.7 Å². The van der Waals surface area contributed by atoms with Crippen molar-refractivity contribution in [3.05, 3.63) is 24.5 Å². The van der Waals surface area contributed by atoms with Gasteiger partial charge >= 0.3 is 0 Å². The summed E-state index contributed by atoms with van der Waals surface area (Å²) in [6, 6.07) is 3.83. The number of rotatable bonds is 3. The summed E-state index contributed by atoms with van der Waals surface area (Å²) in [7, 11) is -3.61. The minimum absolute atomic E-state index is 0. The van der Waals surface area contributed by atoms with Gasteiger partial charge in [-0.25, -0.2) is 13.4 Å². The van der Waals surface area contributed by atoms with Crippen LogP contribution in [0.1, 0.15) is 19.8 Å². The highest BCUT2D eigenvalue weighted by molar-refractivity contribution is 7.89. The number of nitrogens with one attached hydrogen (secondary N) is 2. The van der Waals surface area contributed by atoms with Gasteiger partial charge in [-0.2, -0.15) is 4.31 Å². The Bertz CT molecular complexity index is 940. The lowest BCUT2D eigenvalue weighted by Crippen LogP contribution is -2.53. The summed E-state index contributed by atoms with van der Waals surface area (Å²) in [6.07, 6.45) is 4.83. The Morgan fingerprint density at radius 1 is 1.25 bits per heavy atom. The van der Waals surface area contributed by atoms with E-state index in [1.54, 1.807) is 18.3 Å². The first kappa shape index (κ1) is 21.0. The van der Waals surface area contributed by atoms with Gasteiger partial charge in [0.15, 0.2) is 0 Å². The molecule has 0 radical (unpaired) electrons. The number of aromatic amines is 1. The predicted molar refractivity (Wildman–Crippen MR) is 109 cm³/mol. The maximum Gasteiger partial charge on any atom is 0.245 e. The number of piperazine rings is 1. The van der Waals surface area contributed by atoms with Gasteiger partial charge in [0.25, 0.3) is 0 Å². The third kappa shape index (κ3) is 3.89.